The van der Waals surface area contributed by atoms with Crippen LogP contribution in [0.5, 0.6) is 5.75 Å². The van der Waals surface area contributed by atoms with Crippen LogP contribution in [0.2, 0.25) is 5.02 Å². The number of aromatic amines is 1. The molecule has 0 saturated carbocycles. The van der Waals surface area contributed by atoms with Crippen molar-refractivity contribution in [2.75, 3.05) is 5.32 Å². The van der Waals surface area contributed by atoms with E-state index in [0.717, 1.165) is 16.9 Å². The Bertz CT molecular complexity index is 732. The minimum absolute atomic E-state index is 0.449. The van der Waals surface area contributed by atoms with Crippen LogP contribution in [0.3, 0.4) is 0 Å². The molecule has 0 amide bonds. The number of aromatic nitrogens is 4. The average molecular weight is 316 g/mol. The fourth-order valence-corrected chi connectivity index (χ4v) is 2.20. The van der Waals surface area contributed by atoms with Crippen LogP contribution in [0.15, 0.2) is 48.5 Å². The van der Waals surface area contributed by atoms with Gasteiger partial charge in [-0.25, -0.2) is 0 Å². The van der Waals surface area contributed by atoms with E-state index in [1.165, 1.54) is 0 Å². The number of ether oxygens (including phenoxy) is 1. The molecule has 3 aromatic rings. The van der Waals surface area contributed by atoms with Gasteiger partial charge in [0.1, 0.15) is 12.4 Å². The summed E-state index contributed by atoms with van der Waals surface area (Å²) in [5, 5.41) is 17.4. The van der Waals surface area contributed by atoms with Crippen LogP contribution in [0.1, 0.15) is 11.1 Å². The molecular weight excluding hydrogens is 302 g/mol. The smallest absolute Gasteiger partial charge is 0.263 e. The fourth-order valence-electron chi connectivity index (χ4n) is 1.99. The Balaban J connectivity index is 1.65. The van der Waals surface area contributed by atoms with Gasteiger partial charge in [0.25, 0.3) is 5.95 Å². The largest absolute Gasteiger partial charge is 0.489 e. The number of anilines is 1. The summed E-state index contributed by atoms with van der Waals surface area (Å²) in [4.78, 5) is 0. The van der Waals surface area contributed by atoms with Crippen molar-refractivity contribution in [2.45, 2.75) is 13.2 Å². The summed E-state index contributed by atoms with van der Waals surface area (Å²) in [5.74, 6) is 1.25. The Morgan fingerprint density at radius 1 is 1.14 bits per heavy atom. The highest BCUT2D eigenvalue weighted by Crippen LogP contribution is 2.21. The molecule has 0 bridgehead atoms. The number of halogens is 1. The summed E-state index contributed by atoms with van der Waals surface area (Å²) in [6.07, 6.45) is 0. The third-order valence-electron chi connectivity index (χ3n) is 3.04. The van der Waals surface area contributed by atoms with Gasteiger partial charge in [0.15, 0.2) is 0 Å². The minimum Gasteiger partial charge on any atom is -0.489 e. The number of hydrogen-bond donors (Lipinski definition) is 2. The van der Waals surface area contributed by atoms with Crippen molar-refractivity contribution >= 4 is 17.5 Å². The van der Waals surface area contributed by atoms with Gasteiger partial charge in [0, 0.05) is 17.1 Å². The zero-order valence-corrected chi connectivity index (χ0v) is 12.4. The molecule has 0 aliphatic rings. The second-order valence-corrected chi connectivity index (χ2v) is 5.05. The van der Waals surface area contributed by atoms with Crippen LogP contribution < -0.4 is 10.1 Å². The van der Waals surface area contributed by atoms with Crippen molar-refractivity contribution in [3.05, 3.63) is 64.7 Å². The molecule has 1 aromatic heterocycles. The van der Waals surface area contributed by atoms with Gasteiger partial charge in [-0.05, 0) is 29.0 Å². The van der Waals surface area contributed by atoms with Crippen molar-refractivity contribution in [1.82, 2.24) is 20.6 Å². The Kier molecular flexibility index (Phi) is 4.50. The van der Waals surface area contributed by atoms with E-state index in [1.54, 1.807) is 0 Å². The molecule has 1 heterocycles. The Labute approximate surface area is 132 Å². The highest BCUT2D eigenvalue weighted by molar-refractivity contribution is 6.30. The maximum Gasteiger partial charge on any atom is 0.263 e. The summed E-state index contributed by atoms with van der Waals surface area (Å²) < 4.78 is 5.89. The lowest BCUT2D eigenvalue weighted by atomic mass is 10.2. The normalized spacial score (nSPS) is 10.4. The number of tetrazole rings is 1. The van der Waals surface area contributed by atoms with Gasteiger partial charge < -0.3 is 10.1 Å². The van der Waals surface area contributed by atoms with Crippen molar-refractivity contribution in [2.24, 2.45) is 0 Å². The first-order chi connectivity index (χ1) is 10.8. The number of nitrogens with zero attached hydrogens (tertiary/aromatic N) is 3. The van der Waals surface area contributed by atoms with Gasteiger partial charge in [-0.2, -0.15) is 5.21 Å². The molecule has 0 saturated heterocycles. The highest BCUT2D eigenvalue weighted by Gasteiger charge is 2.05. The van der Waals surface area contributed by atoms with Gasteiger partial charge in [-0.15, -0.1) is 5.10 Å². The van der Waals surface area contributed by atoms with Crippen molar-refractivity contribution in [3.63, 3.8) is 0 Å². The molecule has 0 spiro atoms. The molecular formula is C15H14ClN5O. The molecule has 0 unspecified atom stereocenters. The number of rotatable bonds is 6. The monoisotopic (exact) mass is 315 g/mol. The first-order valence-electron chi connectivity index (χ1n) is 6.74. The van der Waals surface area contributed by atoms with Crippen LogP contribution in [-0.2, 0) is 13.2 Å². The van der Waals surface area contributed by atoms with Crippen LogP contribution >= 0.6 is 11.6 Å². The summed E-state index contributed by atoms with van der Waals surface area (Å²) in [7, 11) is 0. The molecule has 22 heavy (non-hydrogen) atoms. The Hall–Kier alpha value is -2.60. The lowest BCUT2D eigenvalue weighted by molar-refractivity contribution is 0.303. The fraction of sp³-hybridized carbons (Fsp3) is 0.133. The number of nitrogens with one attached hydrogen (secondary N) is 2. The standard InChI is InChI=1S/C15H14ClN5O/c16-13-6-3-4-11(8-13)10-22-14-7-2-1-5-12(14)9-17-15-18-20-21-19-15/h1-8H,9-10H2,(H2,17,18,19,20,21). The van der Waals surface area contributed by atoms with Crippen LogP contribution in [0.25, 0.3) is 0 Å². The molecule has 2 aromatic carbocycles. The maximum absolute atomic E-state index is 5.98. The number of hydrogen-bond acceptors (Lipinski definition) is 5. The first-order valence-corrected chi connectivity index (χ1v) is 7.11. The maximum atomic E-state index is 5.98. The third kappa shape index (κ3) is 3.73. The van der Waals surface area contributed by atoms with E-state index in [1.807, 2.05) is 48.5 Å². The van der Waals surface area contributed by atoms with Gasteiger partial charge >= 0.3 is 0 Å². The molecule has 112 valence electrons. The lowest BCUT2D eigenvalue weighted by Gasteiger charge is -2.11. The van der Waals surface area contributed by atoms with Gasteiger partial charge in [0.2, 0.25) is 0 Å². The Morgan fingerprint density at radius 2 is 2.05 bits per heavy atom. The molecule has 6 nitrogen and oxygen atoms in total. The topological polar surface area (TPSA) is 75.7 Å². The summed E-state index contributed by atoms with van der Waals surface area (Å²) >= 11 is 5.98. The summed E-state index contributed by atoms with van der Waals surface area (Å²) in [6.45, 7) is 1.00. The second-order valence-electron chi connectivity index (χ2n) is 4.62. The molecule has 3 rings (SSSR count). The average Bonchev–Trinajstić information content (AvgIpc) is 3.05. The number of benzene rings is 2. The van der Waals surface area contributed by atoms with E-state index < -0.39 is 0 Å². The predicted octanol–water partition coefficient (Wildman–Crippen LogP) is 3.04. The van der Waals surface area contributed by atoms with Crippen LogP contribution in [0.4, 0.5) is 5.95 Å². The molecule has 0 aliphatic carbocycles. The number of para-hydroxylation sites is 1. The van der Waals surface area contributed by atoms with Gasteiger partial charge in [-0.1, -0.05) is 47.0 Å². The van der Waals surface area contributed by atoms with Crippen LogP contribution in [0, 0.1) is 0 Å². The first kappa shape index (κ1) is 14.3. The second kappa shape index (κ2) is 6.91. The van der Waals surface area contributed by atoms with E-state index in [2.05, 4.69) is 25.9 Å². The van der Waals surface area contributed by atoms with Gasteiger partial charge in [-0.3, -0.25) is 0 Å². The SMILES string of the molecule is Clc1cccc(COc2ccccc2CNc2nn[nH]n2)c1. The van der Waals surface area contributed by atoms with Crippen molar-refractivity contribution in [3.8, 4) is 5.75 Å². The van der Waals surface area contributed by atoms with E-state index in [4.69, 9.17) is 16.3 Å². The molecule has 7 heteroatoms. The predicted molar refractivity (Wildman–Crippen MR) is 83.7 cm³/mol. The summed E-state index contributed by atoms with van der Waals surface area (Å²) in [6, 6.07) is 15.4. The number of H-pyrrole nitrogens is 1. The van der Waals surface area contributed by atoms with E-state index in [9.17, 15) is 0 Å². The third-order valence-corrected chi connectivity index (χ3v) is 3.27. The zero-order valence-electron chi connectivity index (χ0n) is 11.7. The quantitative estimate of drug-likeness (QED) is 0.731. The van der Waals surface area contributed by atoms with E-state index in [0.29, 0.717) is 24.1 Å². The minimum atomic E-state index is 0.449. The zero-order chi connectivity index (χ0) is 15.2. The van der Waals surface area contributed by atoms with E-state index >= 15 is 0 Å². The molecule has 0 aliphatic heterocycles. The van der Waals surface area contributed by atoms with Crippen LogP contribution in [-0.4, -0.2) is 20.6 Å². The lowest BCUT2D eigenvalue weighted by Crippen LogP contribution is -2.04. The van der Waals surface area contributed by atoms with Gasteiger partial charge in [0.05, 0.1) is 0 Å². The molecule has 2 N–H and O–H groups in total. The highest BCUT2D eigenvalue weighted by atomic mass is 35.5. The summed E-state index contributed by atoms with van der Waals surface area (Å²) in [5.41, 5.74) is 2.03. The Morgan fingerprint density at radius 3 is 2.86 bits per heavy atom. The van der Waals surface area contributed by atoms with Crippen molar-refractivity contribution < 1.29 is 4.74 Å². The molecule has 0 radical (unpaired) electrons. The van der Waals surface area contributed by atoms with Crippen molar-refractivity contribution in [1.29, 1.82) is 0 Å². The van der Waals surface area contributed by atoms with E-state index in [-0.39, 0.29) is 0 Å². The molecule has 0 atom stereocenters. The molecule has 0 fully saturated rings.